The van der Waals surface area contributed by atoms with Gasteiger partial charge in [-0.15, -0.1) is 10.2 Å². The number of anilines is 1. The Hall–Kier alpha value is -2.85. The first-order valence-electron chi connectivity index (χ1n) is 8.47. The minimum atomic E-state index is -4.64. The van der Waals surface area contributed by atoms with Crippen molar-refractivity contribution in [1.82, 2.24) is 15.2 Å². The normalized spacial score (nSPS) is 11.4. The number of nitrogens with one attached hydrogen (secondary N) is 2. The van der Waals surface area contributed by atoms with E-state index in [1.54, 1.807) is 12.1 Å². The van der Waals surface area contributed by atoms with E-state index in [0.29, 0.717) is 5.56 Å². The molecule has 6 nitrogen and oxygen atoms in total. The number of hydrogen-bond acceptors (Lipinski definition) is 5. The van der Waals surface area contributed by atoms with Gasteiger partial charge in [-0.3, -0.25) is 14.6 Å². The van der Waals surface area contributed by atoms with Crippen LogP contribution in [0.1, 0.15) is 11.1 Å². The predicted octanol–water partition coefficient (Wildman–Crippen LogP) is 4.54. The van der Waals surface area contributed by atoms with Gasteiger partial charge in [-0.05, 0) is 25.1 Å². The van der Waals surface area contributed by atoms with Gasteiger partial charge in [0.05, 0.1) is 16.3 Å². The highest BCUT2D eigenvalue weighted by Crippen LogP contribution is 2.36. The monoisotopic (exact) mass is 454 g/mol. The second-order valence-electron chi connectivity index (χ2n) is 6.20. The van der Waals surface area contributed by atoms with E-state index in [1.807, 2.05) is 19.1 Å². The van der Waals surface area contributed by atoms with E-state index in [1.165, 1.54) is 6.07 Å². The predicted molar refractivity (Wildman–Crippen MR) is 109 cm³/mol. The molecule has 0 spiro atoms. The average molecular weight is 455 g/mol. The minimum Gasteiger partial charge on any atom is -0.325 e. The number of hydrogen-bond donors (Lipinski definition) is 2. The Balaban J connectivity index is 1.65. The van der Waals surface area contributed by atoms with Crippen LogP contribution in [0, 0.1) is 6.92 Å². The third kappa shape index (κ3) is 5.39. The average Bonchev–Trinajstić information content (AvgIpc) is 2.68. The lowest BCUT2D eigenvalue weighted by Gasteiger charge is -2.11. The van der Waals surface area contributed by atoms with E-state index in [2.05, 4.69) is 20.5 Å². The largest absolute Gasteiger partial charge is 0.417 e. The van der Waals surface area contributed by atoms with Crippen LogP contribution in [-0.2, 0) is 11.0 Å². The first-order chi connectivity index (χ1) is 14.1. The maximum absolute atomic E-state index is 12.9. The Bertz CT molecular complexity index is 1130. The summed E-state index contributed by atoms with van der Waals surface area (Å²) in [5.74, 6) is -0.779. The Morgan fingerprint density at radius 3 is 2.50 bits per heavy atom. The van der Waals surface area contributed by atoms with Gasteiger partial charge in [-0.1, -0.05) is 53.2 Å². The zero-order chi connectivity index (χ0) is 21.9. The molecule has 0 aliphatic heterocycles. The number of rotatable bonds is 5. The smallest absolute Gasteiger partial charge is 0.325 e. The van der Waals surface area contributed by atoms with Crippen LogP contribution in [-0.4, -0.2) is 26.8 Å². The molecule has 156 valence electrons. The second-order valence-corrected chi connectivity index (χ2v) is 7.57. The molecule has 30 heavy (non-hydrogen) atoms. The highest BCUT2D eigenvalue weighted by Gasteiger charge is 2.33. The van der Waals surface area contributed by atoms with Crippen molar-refractivity contribution in [3.05, 3.63) is 69.0 Å². The van der Waals surface area contributed by atoms with Crippen molar-refractivity contribution in [1.29, 1.82) is 0 Å². The van der Waals surface area contributed by atoms with Crippen LogP contribution >= 0.6 is 23.4 Å². The van der Waals surface area contributed by atoms with Crippen LogP contribution in [0.3, 0.4) is 0 Å². The lowest BCUT2D eigenvalue weighted by Crippen LogP contribution is -2.17. The number of thioether (sulfide) groups is 1. The first-order valence-corrected chi connectivity index (χ1v) is 9.83. The van der Waals surface area contributed by atoms with E-state index in [0.717, 1.165) is 29.5 Å². The molecular formula is C19H14ClF3N4O2S. The summed E-state index contributed by atoms with van der Waals surface area (Å²) in [5, 5.41) is 9.79. The topological polar surface area (TPSA) is 87.7 Å². The van der Waals surface area contributed by atoms with Crippen molar-refractivity contribution in [2.45, 2.75) is 18.3 Å². The molecule has 0 unspecified atom stereocenters. The van der Waals surface area contributed by atoms with Crippen molar-refractivity contribution in [2.24, 2.45) is 0 Å². The maximum atomic E-state index is 12.9. The van der Waals surface area contributed by atoms with Crippen LogP contribution in [0.4, 0.5) is 18.9 Å². The lowest BCUT2D eigenvalue weighted by atomic mass is 10.1. The fraction of sp³-hybridized carbons (Fsp3) is 0.158. The van der Waals surface area contributed by atoms with E-state index in [-0.39, 0.29) is 22.3 Å². The summed E-state index contributed by atoms with van der Waals surface area (Å²) in [6.45, 7) is 1.92. The highest BCUT2D eigenvalue weighted by atomic mass is 35.5. The number of aromatic nitrogens is 3. The molecule has 0 saturated carbocycles. The molecule has 0 radical (unpaired) electrons. The van der Waals surface area contributed by atoms with E-state index < -0.39 is 28.2 Å². The number of alkyl halides is 3. The maximum Gasteiger partial charge on any atom is 0.417 e. The number of aryl methyl sites for hydroxylation is 1. The molecule has 0 bridgehead atoms. The molecule has 11 heteroatoms. The number of halogens is 4. The summed E-state index contributed by atoms with van der Waals surface area (Å²) in [7, 11) is 0. The van der Waals surface area contributed by atoms with Crippen LogP contribution < -0.4 is 10.9 Å². The van der Waals surface area contributed by atoms with Crippen LogP contribution in [0.2, 0.25) is 5.02 Å². The molecule has 3 rings (SSSR count). The molecule has 1 amide bonds. The van der Waals surface area contributed by atoms with Crippen LogP contribution in [0.15, 0.2) is 52.4 Å². The SMILES string of the molecule is Cc1ccc(-c2nnc(SCC(=O)Nc3ccc(Cl)c(C(F)(F)F)c3)[nH]c2=O)cc1. The van der Waals surface area contributed by atoms with Crippen molar-refractivity contribution in [3.63, 3.8) is 0 Å². The number of nitrogens with zero attached hydrogens (tertiary/aromatic N) is 2. The van der Waals surface area contributed by atoms with Crippen molar-refractivity contribution in [3.8, 4) is 11.3 Å². The number of amides is 1. The molecule has 1 heterocycles. The van der Waals surface area contributed by atoms with E-state index >= 15 is 0 Å². The summed E-state index contributed by atoms with van der Waals surface area (Å²) >= 11 is 6.44. The van der Waals surface area contributed by atoms with Crippen molar-refractivity contribution in [2.75, 3.05) is 11.1 Å². The number of carbonyl (C=O) groups excluding carboxylic acids is 1. The van der Waals surface area contributed by atoms with Gasteiger partial charge in [0.1, 0.15) is 0 Å². The van der Waals surface area contributed by atoms with Gasteiger partial charge in [-0.2, -0.15) is 13.2 Å². The minimum absolute atomic E-state index is 0.0494. The number of aromatic amines is 1. The number of carbonyl (C=O) groups is 1. The molecule has 0 fully saturated rings. The molecule has 2 N–H and O–H groups in total. The van der Waals surface area contributed by atoms with E-state index in [4.69, 9.17) is 11.6 Å². The van der Waals surface area contributed by atoms with Gasteiger partial charge in [0.2, 0.25) is 5.91 Å². The van der Waals surface area contributed by atoms with Gasteiger partial charge in [0.15, 0.2) is 10.9 Å². The van der Waals surface area contributed by atoms with E-state index in [9.17, 15) is 22.8 Å². The summed E-state index contributed by atoms with van der Waals surface area (Å²) in [5.41, 5.74) is 0.216. The highest BCUT2D eigenvalue weighted by molar-refractivity contribution is 7.99. The molecular weight excluding hydrogens is 441 g/mol. The molecule has 3 aromatic rings. The Morgan fingerprint density at radius 1 is 1.17 bits per heavy atom. The molecule has 1 aromatic heterocycles. The Kier molecular flexibility index (Phi) is 6.47. The van der Waals surface area contributed by atoms with Gasteiger partial charge < -0.3 is 5.32 Å². The Morgan fingerprint density at radius 2 is 1.87 bits per heavy atom. The zero-order valence-corrected chi connectivity index (χ0v) is 17.0. The summed E-state index contributed by atoms with van der Waals surface area (Å²) in [6, 6.07) is 10.2. The summed E-state index contributed by atoms with van der Waals surface area (Å²) < 4.78 is 38.7. The number of benzene rings is 2. The molecule has 0 atom stereocenters. The van der Waals surface area contributed by atoms with Gasteiger partial charge in [0.25, 0.3) is 5.56 Å². The molecule has 0 aliphatic carbocycles. The van der Waals surface area contributed by atoms with Gasteiger partial charge in [0, 0.05) is 11.3 Å². The fourth-order valence-electron chi connectivity index (χ4n) is 2.44. The van der Waals surface area contributed by atoms with Crippen LogP contribution in [0.5, 0.6) is 0 Å². The Labute approximate surface area is 177 Å². The molecule has 0 saturated heterocycles. The van der Waals surface area contributed by atoms with Crippen molar-refractivity contribution >= 4 is 35.0 Å². The molecule has 2 aromatic carbocycles. The zero-order valence-electron chi connectivity index (χ0n) is 15.4. The number of H-pyrrole nitrogens is 1. The first kappa shape index (κ1) is 21.8. The lowest BCUT2D eigenvalue weighted by molar-refractivity contribution is -0.137. The standard InChI is InChI=1S/C19H14ClF3N4O2S/c1-10-2-4-11(5-3-10)16-17(29)25-18(27-26-16)30-9-15(28)24-12-6-7-14(20)13(8-12)19(21,22)23/h2-8H,9H2,1H3,(H,24,28)(H,25,27,29). The third-order valence-electron chi connectivity index (χ3n) is 3.90. The van der Waals surface area contributed by atoms with Crippen LogP contribution in [0.25, 0.3) is 11.3 Å². The quantitative estimate of drug-likeness (QED) is 0.552. The van der Waals surface area contributed by atoms with Crippen molar-refractivity contribution < 1.29 is 18.0 Å². The van der Waals surface area contributed by atoms with Gasteiger partial charge in [-0.25, -0.2) is 0 Å². The summed E-state index contributed by atoms with van der Waals surface area (Å²) in [4.78, 5) is 26.8. The third-order valence-corrected chi connectivity index (χ3v) is 5.09. The fourth-order valence-corrected chi connectivity index (χ4v) is 3.27. The molecule has 0 aliphatic rings. The second kappa shape index (κ2) is 8.88. The van der Waals surface area contributed by atoms with Gasteiger partial charge >= 0.3 is 6.18 Å². The summed E-state index contributed by atoms with van der Waals surface area (Å²) in [6.07, 6.45) is -4.64.